The summed E-state index contributed by atoms with van der Waals surface area (Å²) in [7, 11) is 0. The van der Waals surface area contributed by atoms with Crippen LogP contribution in [0.25, 0.3) is 0 Å². The Labute approximate surface area is 94.5 Å². The molecule has 0 radical (unpaired) electrons. The van der Waals surface area contributed by atoms with Crippen molar-refractivity contribution in [1.82, 2.24) is 5.32 Å². The van der Waals surface area contributed by atoms with E-state index in [4.69, 9.17) is 5.26 Å². The molecule has 1 fully saturated rings. The lowest BCUT2D eigenvalue weighted by molar-refractivity contribution is 0.626. The smallest absolute Gasteiger partial charge is 0.126 e. The molecule has 3 nitrogen and oxygen atoms in total. The van der Waals surface area contributed by atoms with E-state index >= 15 is 0 Å². The second-order valence-corrected chi connectivity index (χ2v) is 3.90. The number of halogens is 1. The Morgan fingerprint density at radius 2 is 2.12 bits per heavy atom. The minimum atomic E-state index is -0.341. The highest BCUT2D eigenvalue weighted by molar-refractivity contribution is 5.52. The van der Waals surface area contributed by atoms with Gasteiger partial charge >= 0.3 is 0 Å². The van der Waals surface area contributed by atoms with Crippen molar-refractivity contribution in [3.05, 3.63) is 29.6 Å². The van der Waals surface area contributed by atoms with Crippen molar-refractivity contribution in [1.29, 1.82) is 5.26 Å². The fourth-order valence-corrected chi connectivity index (χ4v) is 1.93. The highest BCUT2D eigenvalue weighted by Gasteiger charge is 2.11. The van der Waals surface area contributed by atoms with Gasteiger partial charge in [-0.25, -0.2) is 4.39 Å². The van der Waals surface area contributed by atoms with Crippen LogP contribution in [0.15, 0.2) is 18.2 Å². The zero-order valence-corrected chi connectivity index (χ0v) is 9.04. The highest BCUT2D eigenvalue weighted by Crippen LogP contribution is 2.19. The van der Waals surface area contributed by atoms with E-state index in [0.717, 1.165) is 38.3 Å². The van der Waals surface area contributed by atoms with Gasteiger partial charge in [0, 0.05) is 25.3 Å². The normalized spacial score (nSPS) is 16.6. The third-order valence-corrected chi connectivity index (χ3v) is 2.72. The van der Waals surface area contributed by atoms with Gasteiger partial charge in [-0.05, 0) is 31.2 Å². The summed E-state index contributed by atoms with van der Waals surface area (Å²) in [6.45, 7) is 3.66. The van der Waals surface area contributed by atoms with Crippen LogP contribution in [-0.4, -0.2) is 26.2 Å². The maximum Gasteiger partial charge on any atom is 0.126 e. The Balaban J connectivity index is 2.24. The van der Waals surface area contributed by atoms with Crippen LogP contribution in [0.4, 0.5) is 10.1 Å². The fourth-order valence-electron chi connectivity index (χ4n) is 1.93. The number of nitrogens with zero attached hydrogens (tertiary/aromatic N) is 2. The first-order chi connectivity index (χ1) is 7.79. The zero-order chi connectivity index (χ0) is 11.4. The fraction of sp³-hybridized carbons (Fsp3) is 0.417. The lowest BCUT2D eigenvalue weighted by Crippen LogP contribution is -2.27. The van der Waals surface area contributed by atoms with Crippen LogP contribution in [0.3, 0.4) is 0 Å². The van der Waals surface area contributed by atoms with Crippen molar-refractivity contribution in [3.8, 4) is 6.07 Å². The maximum absolute atomic E-state index is 13.3. The Bertz CT molecular complexity index is 403. The summed E-state index contributed by atoms with van der Waals surface area (Å²) in [5.74, 6) is -0.341. The number of nitriles is 1. The SMILES string of the molecule is N#Cc1cc(F)cc(N2CCCNCC2)c1. The lowest BCUT2D eigenvalue weighted by Gasteiger charge is -2.22. The summed E-state index contributed by atoms with van der Waals surface area (Å²) in [5, 5.41) is 12.1. The van der Waals surface area contributed by atoms with Gasteiger partial charge in [0.15, 0.2) is 0 Å². The second kappa shape index (κ2) is 4.95. The molecule has 0 amide bonds. The largest absolute Gasteiger partial charge is 0.370 e. The molecule has 1 heterocycles. The van der Waals surface area contributed by atoms with Crippen LogP contribution in [0.1, 0.15) is 12.0 Å². The first kappa shape index (κ1) is 10.9. The number of hydrogen-bond donors (Lipinski definition) is 1. The van der Waals surface area contributed by atoms with E-state index in [1.807, 2.05) is 6.07 Å². The summed E-state index contributed by atoms with van der Waals surface area (Å²) in [5.41, 5.74) is 1.19. The summed E-state index contributed by atoms with van der Waals surface area (Å²) < 4.78 is 13.3. The van der Waals surface area contributed by atoms with Gasteiger partial charge in [0.2, 0.25) is 0 Å². The number of benzene rings is 1. The van der Waals surface area contributed by atoms with E-state index in [0.29, 0.717) is 5.56 Å². The van der Waals surface area contributed by atoms with E-state index in [9.17, 15) is 4.39 Å². The predicted octanol–water partition coefficient (Wildman–Crippen LogP) is 1.50. The molecule has 16 heavy (non-hydrogen) atoms. The minimum Gasteiger partial charge on any atom is -0.370 e. The molecule has 84 valence electrons. The molecule has 4 heteroatoms. The molecule has 1 saturated heterocycles. The van der Waals surface area contributed by atoms with Crippen LogP contribution in [0.5, 0.6) is 0 Å². The quantitative estimate of drug-likeness (QED) is 0.778. The third-order valence-electron chi connectivity index (χ3n) is 2.72. The first-order valence-electron chi connectivity index (χ1n) is 5.46. The Morgan fingerprint density at radius 1 is 1.25 bits per heavy atom. The summed E-state index contributed by atoms with van der Waals surface area (Å²) in [6.07, 6.45) is 1.04. The van der Waals surface area contributed by atoms with Crippen molar-refractivity contribution in [2.24, 2.45) is 0 Å². The average molecular weight is 219 g/mol. The number of rotatable bonds is 1. The summed E-state index contributed by atoms with van der Waals surface area (Å²) in [4.78, 5) is 2.12. The maximum atomic E-state index is 13.3. The molecule has 2 rings (SSSR count). The lowest BCUT2D eigenvalue weighted by atomic mass is 10.2. The van der Waals surface area contributed by atoms with Crippen LogP contribution in [0.2, 0.25) is 0 Å². The van der Waals surface area contributed by atoms with Crippen molar-refractivity contribution in [2.75, 3.05) is 31.1 Å². The number of anilines is 1. The molecule has 0 aromatic heterocycles. The van der Waals surface area contributed by atoms with Crippen LogP contribution >= 0.6 is 0 Å². The molecule has 0 aliphatic carbocycles. The number of hydrogen-bond acceptors (Lipinski definition) is 3. The van der Waals surface area contributed by atoms with Crippen molar-refractivity contribution >= 4 is 5.69 Å². The molecule has 0 unspecified atom stereocenters. The van der Waals surface area contributed by atoms with Crippen LogP contribution in [-0.2, 0) is 0 Å². The van der Waals surface area contributed by atoms with Gasteiger partial charge in [0.05, 0.1) is 11.6 Å². The van der Waals surface area contributed by atoms with E-state index in [2.05, 4.69) is 10.2 Å². The van der Waals surface area contributed by atoms with E-state index in [1.54, 1.807) is 6.07 Å². The van der Waals surface area contributed by atoms with E-state index in [-0.39, 0.29) is 5.82 Å². The molecular weight excluding hydrogens is 205 g/mol. The van der Waals surface area contributed by atoms with Gasteiger partial charge < -0.3 is 10.2 Å². The van der Waals surface area contributed by atoms with Gasteiger partial charge in [0.1, 0.15) is 5.82 Å². The molecule has 0 atom stereocenters. The van der Waals surface area contributed by atoms with Gasteiger partial charge in [-0.2, -0.15) is 5.26 Å². The minimum absolute atomic E-state index is 0.341. The standard InChI is InChI=1S/C12H14FN3/c13-11-6-10(9-14)7-12(8-11)16-4-1-2-15-3-5-16/h6-8,15H,1-5H2. The molecule has 0 spiro atoms. The Morgan fingerprint density at radius 3 is 2.94 bits per heavy atom. The molecule has 1 N–H and O–H groups in total. The van der Waals surface area contributed by atoms with Crippen LogP contribution < -0.4 is 10.2 Å². The van der Waals surface area contributed by atoms with Crippen molar-refractivity contribution in [3.63, 3.8) is 0 Å². The van der Waals surface area contributed by atoms with Gasteiger partial charge in [-0.15, -0.1) is 0 Å². The predicted molar refractivity (Wildman–Crippen MR) is 60.8 cm³/mol. The molecule has 0 bridgehead atoms. The monoisotopic (exact) mass is 219 g/mol. The van der Waals surface area contributed by atoms with Crippen molar-refractivity contribution < 1.29 is 4.39 Å². The van der Waals surface area contributed by atoms with Gasteiger partial charge in [0.25, 0.3) is 0 Å². The van der Waals surface area contributed by atoms with Gasteiger partial charge in [-0.1, -0.05) is 0 Å². The Hall–Kier alpha value is -1.60. The van der Waals surface area contributed by atoms with E-state index < -0.39 is 0 Å². The third kappa shape index (κ3) is 2.50. The van der Waals surface area contributed by atoms with Gasteiger partial charge in [-0.3, -0.25) is 0 Å². The Kier molecular flexibility index (Phi) is 3.37. The zero-order valence-electron chi connectivity index (χ0n) is 9.04. The first-order valence-corrected chi connectivity index (χ1v) is 5.46. The molecule has 1 aromatic rings. The summed E-state index contributed by atoms with van der Waals surface area (Å²) in [6, 6.07) is 6.48. The second-order valence-electron chi connectivity index (χ2n) is 3.90. The molecule has 1 aliphatic heterocycles. The highest BCUT2D eigenvalue weighted by atomic mass is 19.1. The van der Waals surface area contributed by atoms with Crippen molar-refractivity contribution in [2.45, 2.75) is 6.42 Å². The number of nitrogens with one attached hydrogen (secondary N) is 1. The average Bonchev–Trinajstić information content (AvgIpc) is 2.56. The molecule has 0 saturated carbocycles. The topological polar surface area (TPSA) is 39.1 Å². The van der Waals surface area contributed by atoms with Crippen LogP contribution in [0, 0.1) is 17.1 Å². The molecular formula is C12H14FN3. The van der Waals surface area contributed by atoms with E-state index in [1.165, 1.54) is 12.1 Å². The molecule has 1 aliphatic rings. The molecule has 1 aromatic carbocycles. The summed E-state index contributed by atoms with van der Waals surface area (Å²) >= 11 is 0.